The van der Waals surface area contributed by atoms with Gasteiger partial charge in [0, 0.05) is 0 Å². The van der Waals surface area contributed by atoms with E-state index in [1.807, 2.05) is 34.9 Å². The highest BCUT2D eigenvalue weighted by molar-refractivity contribution is 7.81. The van der Waals surface area contributed by atoms with Gasteiger partial charge >= 0.3 is 11.9 Å². The van der Waals surface area contributed by atoms with Gasteiger partial charge in [-0.15, -0.1) is 0 Å². The lowest BCUT2D eigenvalue weighted by Gasteiger charge is -2.15. The molecule has 0 fully saturated rings. The molecule has 0 saturated carbocycles. The van der Waals surface area contributed by atoms with Gasteiger partial charge in [-0.05, 0) is 0 Å². The van der Waals surface area contributed by atoms with Crippen LogP contribution >= 0.6 is 25.3 Å². The van der Waals surface area contributed by atoms with Crippen LogP contribution in [0.4, 0.5) is 0 Å². The monoisotopic (exact) mass is 305 g/mol. The molecule has 8 heteroatoms. The zero-order valence-corrected chi connectivity index (χ0v) is 12.3. The number of thiol groups is 2. The van der Waals surface area contributed by atoms with Crippen LogP contribution in [0.5, 0.6) is 0 Å². The summed E-state index contributed by atoms with van der Waals surface area (Å²) in [6, 6.07) is 0. The second-order valence-corrected chi connectivity index (χ2v) is 4.52. The van der Waals surface area contributed by atoms with Crippen LogP contribution in [-0.2, 0) is 32.7 Å². The summed E-state index contributed by atoms with van der Waals surface area (Å²) in [6.07, 6.45) is 4.98. The number of carbonyl (C=O) groups excluding carboxylic acids is 2. The van der Waals surface area contributed by atoms with Gasteiger partial charge in [0.1, 0.15) is 25.5 Å². The first-order chi connectivity index (χ1) is 9.05. The van der Waals surface area contributed by atoms with Crippen molar-refractivity contribution in [1.29, 1.82) is 0 Å². The summed E-state index contributed by atoms with van der Waals surface area (Å²) in [5, 5.41) is 0. The van der Waals surface area contributed by atoms with E-state index in [1.165, 1.54) is 0 Å². The molecule has 0 radical (unpaired) electrons. The van der Waals surface area contributed by atoms with Crippen molar-refractivity contribution in [2.75, 3.05) is 18.1 Å². The van der Waals surface area contributed by atoms with Crippen LogP contribution in [0.2, 0.25) is 0 Å². The zero-order valence-electron chi connectivity index (χ0n) is 10.6. The number of rotatable bonds is 7. The van der Waals surface area contributed by atoms with Gasteiger partial charge in [0.05, 0.1) is 18.6 Å². The van der Waals surface area contributed by atoms with Gasteiger partial charge in [-0.25, -0.2) is 9.13 Å². The van der Waals surface area contributed by atoms with Crippen molar-refractivity contribution in [2.45, 2.75) is 12.6 Å². The summed E-state index contributed by atoms with van der Waals surface area (Å²) in [7, 11) is 1.88. The molecule has 0 amide bonds. The van der Waals surface area contributed by atoms with Crippen LogP contribution < -0.4 is 4.57 Å². The van der Waals surface area contributed by atoms with Crippen LogP contribution in [0, 0.1) is 0 Å². The van der Waals surface area contributed by atoms with E-state index in [0.29, 0.717) is 6.54 Å². The average Bonchev–Trinajstić information content (AvgIpc) is 2.80. The van der Waals surface area contributed by atoms with Crippen LogP contribution in [0.15, 0.2) is 18.7 Å². The van der Waals surface area contributed by atoms with E-state index in [0.717, 1.165) is 0 Å². The fourth-order valence-electron chi connectivity index (χ4n) is 1.42. The first-order valence-electron chi connectivity index (χ1n) is 5.63. The summed E-state index contributed by atoms with van der Waals surface area (Å²) >= 11 is 7.65. The van der Waals surface area contributed by atoms with E-state index >= 15 is 0 Å². The normalized spacial score (nSPS) is 11.9. The average molecular weight is 305 g/mol. The van der Waals surface area contributed by atoms with E-state index in [9.17, 15) is 9.59 Å². The quantitative estimate of drug-likeness (QED) is 0.410. The number of imidazole rings is 1. The highest BCUT2D eigenvalue weighted by atomic mass is 32.1. The second-order valence-electron chi connectivity index (χ2n) is 3.89. The number of carbonyl (C=O) groups is 2. The predicted molar refractivity (Wildman–Crippen MR) is 74.2 cm³/mol. The van der Waals surface area contributed by atoms with Crippen molar-refractivity contribution >= 4 is 37.2 Å². The minimum absolute atomic E-state index is 0.000799. The van der Waals surface area contributed by atoms with E-state index in [-0.39, 0.29) is 18.1 Å². The Balaban J connectivity index is 2.57. The van der Waals surface area contributed by atoms with Crippen LogP contribution in [0.1, 0.15) is 0 Å². The Labute approximate surface area is 122 Å². The lowest BCUT2D eigenvalue weighted by atomic mass is 10.3. The Morgan fingerprint density at radius 2 is 2.00 bits per heavy atom. The largest absolute Gasteiger partial charge is 0.461 e. The molecule has 19 heavy (non-hydrogen) atoms. The van der Waals surface area contributed by atoms with Gasteiger partial charge in [0.2, 0.25) is 6.33 Å². The van der Waals surface area contributed by atoms with Crippen molar-refractivity contribution in [1.82, 2.24) is 4.57 Å². The third kappa shape index (κ3) is 6.02. The molecule has 0 aliphatic carbocycles. The van der Waals surface area contributed by atoms with Gasteiger partial charge in [0.25, 0.3) is 0 Å². The van der Waals surface area contributed by atoms with Gasteiger partial charge < -0.3 is 9.47 Å². The molecule has 1 rings (SSSR count). The van der Waals surface area contributed by atoms with Crippen LogP contribution in [-0.4, -0.2) is 40.7 Å². The molecule has 1 aromatic rings. The van der Waals surface area contributed by atoms with Crippen molar-refractivity contribution in [3.8, 4) is 0 Å². The molecule has 6 nitrogen and oxygen atoms in total. The smallest absolute Gasteiger partial charge is 0.316 e. The van der Waals surface area contributed by atoms with E-state index in [4.69, 9.17) is 9.47 Å². The predicted octanol–water partition coefficient (Wildman–Crippen LogP) is -0.373. The molecule has 0 aliphatic heterocycles. The molecule has 1 aromatic heterocycles. The number of hydrogen-bond donors (Lipinski definition) is 2. The number of nitrogens with zero attached hydrogens (tertiary/aromatic N) is 2. The van der Waals surface area contributed by atoms with Crippen molar-refractivity contribution < 1.29 is 23.6 Å². The molecule has 0 spiro atoms. The number of ether oxygens (including phenoxy) is 2. The molecule has 0 N–H and O–H groups in total. The molecule has 106 valence electrons. The van der Waals surface area contributed by atoms with Crippen molar-refractivity contribution in [3.05, 3.63) is 18.7 Å². The Kier molecular flexibility index (Phi) is 6.79. The minimum atomic E-state index is -0.545. The Bertz CT molecular complexity index is 436. The standard InChI is InChI=1S/C11H16N2O4S2/c1-12-2-3-13(8-12)4-9(17-11(15)7-19)5-16-10(14)6-18/h2-3,8-9H,4-7H2,1H3,(H-,18,19)/p+1. The summed E-state index contributed by atoms with van der Waals surface area (Å²) in [4.78, 5) is 22.3. The summed E-state index contributed by atoms with van der Waals surface area (Å²) in [6.45, 7) is 0.404. The molecule has 0 aliphatic rings. The molecular formula is C11H17N2O4S2+. The number of aromatic nitrogens is 2. The molecule has 0 bridgehead atoms. The summed E-state index contributed by atoms with van der Waals surface area (Å²) in [5.41, 5.74) is 0. The zero-order chi connectivity index (χ0) is 14.3. The van der Waals surface area contributed by atoms with Crippen LogP contribution in [0.25, 0.3) is 0 Å². The van der Waals surface area contributed by atoms with E-state index in [2.05, 4.69) is 25.3 Å². The van der Waals surface area contributed by atoms with E-state index in [1.54, 1.807) is 0 Å². The molecular weight excluding hydrogens is 288 g/mol. The number of esters is 2. The maximum Gasteiger partial charge on any atom is 0.316 e. The van der Waals surface area contributed by atoms with Crippen LogP contribution in [0.3, 0.4) is 0 Å². The van der Waals surface area contributed by atoms with Gasteiger partial charge in [-0.1, -0.05) is 0 Å². The Morgan fingerprint density at radius 3 is 2.53 bits per heavy atom. The fourth-order valence-corrected chi connectivity index (χ4v) is 1.59. The first-order valence-corrected chi connectivity index (χ1v) is 6.89. The highest BCUT2D eigenvalue weighted by Crippen LogP contribution is 2.01. The van der Waals surface area contributed by atoms with E-state index < -0.39 is 18.0 Å². The lowest BCUT2D eigenvalue weighted by Crippen LogP contribution is -2.31. The van der Waals surface area contributed by atoms with Gasteiger partial charge in [0.15, 0.2) is 6.10 Å². The molecule has 1 unspecified atom stereocenters. The first kappa shape index (κ1) is 15.9. The SMILES string of the molecule is C[n+]1ccn(CC(COC(=O)CS)OC(=O)CS)c1. The highest BCUT2D eigenvalue weighted by Gasteiger charge is 2.19. The summed E-state index contributed by atoms with van der Waals surface area (Å²) < 4.78 is 13.8. The topological polar surface area (TPSA) is 61.4 Å². The molecule has 1 heterocycles. The number of hydrogen-bond acceptors (Lipinski definition) is 6. The summed E-state index contributed by atoms with van der Waals surface area (Å²) in [5.74, 6) is -0.928. The molecule has 1 atom stereocenters. The maximum atomic E-state index is 11.3. The lowest BCUT2D eigenvalue weighted by molar-refractivity contribution is -0.671. The van der Waals surface area contributed by atoms with Crippen molar-refractivity contribution in [3.63, 3.8) is 0 Å². The molecule has 0 aromatic carbocycles. The maximum absolute atomic E-state index is 11.3. The molecule has 0 saturated heterocycles. The third-order valence-corrected chi connectivity index (χ3v) is 2.74. The Morgan fingerprint density at radius 1 is 1.32 bits per heavy atom. The van der Waals surface area contributed by atoms with Gasteiger partial charge in [-0.2, -0.15) is 25.3 Å². The fraction of sp³-hybridized carbons (Fsp3) is 0.545. The van der Waals surface area contributed by atoms with Crippen molar-refractivity contribution in [2.24, 2.45) is 7.05 Å². The minimum Gasteiger partial charge on any atom is -0.461 e. The number of aryl methyl sites for hydroxylation is 1. The second kappa shape index (κ2) is 8.11. The Hall–Kier alpha value is -1.15. The third-order valence-electron chi connectivity index (χ3n) is 2.22. The van der Waals surface area contributed by atoms with Gasteiger partial charge in [-0.3, -0.25) is 9.59 Å².